The van der Waals surface area contributed by atoms with Gasteiger partial charge in [0.15, 0.2) is 5.96 Å². The Morgan fingerprint density at radius 3 is 2.77 bits per heavy atom. The van der Waals surface area contributed by atoms with Gasteiger partial charge in [-0.05, 0) is 43.5 Å². The number of aliphatic hydroxyl groups is 1. The molecule has 3 N–H and O–H groups in total. The number of hydrogen-bond acceptors (Lipinski definition) is 4. The summed E-state index contributed by atoms with van der Waals surface area (Å²) in [6.07, 6.45) is 0. The van der Waals surface area contributed by atoms with Crippen LogP contribution < -0.4 is 10.6 Å². The summed E-state index contributed by atoms with van der Waals surface area (Å²) in [6.45, 7) is 4.64. The molecule has 2 aromatic rings. The van der Waals surface area contributed by atoms with Crippen molar-refractivity contribution in [1.82, 2.24) is 10.6 Å². The molecule has 8 heteroatoms. The topological polar surface area (TPSA) is 80.4 Å². The average molecular weight is 488 g/mol. The van der Waals surface area contributed by atoms with Crippen LogP contribution in [-0.4, -0.2) is 24.2 Å². The number of thiophene rings is 1. The normalized spacial score (nSPS) is 13.3. The molecule has 2 rings (SSSR count). The number of aliphatic imine (C=N–C) groups is 1. The van der Waals surface area contributed by atoms with Crippen LogP contribution in [0, 0.1) is 17.1 Å². The Bertz CT molecular complexity index is 772. The van der Waals surface area contributed by atoms with Crippen LogP contribution in [0.15, 0.2) is 40.7 Å². The lowest BCUT2D eigenvalue weighted by Gasteiger charge is -2.23. The Morgan fingerprint density at radius 2 is 2.15 bits per heavy atom. The summed E-state index contributed by atoms with van der Waals surface area (Å²) in [6, 6.07) is 9.95. The van der Waals surface area contributed by atoms with Gasteiger partial charge in [-0.15, -0.1) is 35.3 Å². The van der Waals surface area contributed by atoms with Gasteiger partial charge in [-0.3, -0.25) is 0 Å². The summed E-state index contributed by atoms with van der Waals surface area (Å²) in [5.41, 5.74) is -0.289. The summed E-state index contributed by atoms with van der Waals surface area (Å²) in [4.78, 5) is 5.19. The Morgan fingerprint density at radius 1 is 1.38 bits per heavy atom. The Hall–Kier alpha value is -1.70. The largest absolute Gasteiger partial charge is 0.383 e. The fourth-order valence-electron chi connectivity index (χ4n) is 2.20. The molecule has 0 aliphatic carbocycles. The first-order valence-corrected chi connectivity index (χ1v) is 8.81. The molecule has 0 amide bonds. The quantitative estimate of drug-likeness (QED) is 0.331. The molecular formula is C18H22FIN4OS. The minimum atomic E-state index is -1.03. The first kappa shape index (κ1) is 22.3. The van der Waals surface area contributed by atoms with Crippen molar-refractivity contribution < 1.29 is 9.50 Å². The van der Waals surface area contributed by atoms with E-state index in [2.05, 4.69) is 15.6 Å². The highest BCUT2D eigenvalue weighted by Crippen LogP contribution is 2.24. The molecule has 0 aliphatic rings. The standard InChI is InChI=1S/C18H21FN4OS.HI/c1-3-21-17(23-12-18(2,24)16-5-4-8-25-16)22-11-14-9-13(10-20)6-7-15(14)19;/h4-9,24H,3,11-12H2,1-2H3,(H2,21,22,23);1H. The molecular weight excluding hydrogens is 466 g/mol. The number of benzene rings is 1. The van der Waals surface area contributed by atoms with Crippen LogP contribution >= 0.6 is 35.3 Å². The predicted octanol–water partition coefficient (Wildman–Crippen LogP) is 3.34. The number of rotatable bonds is 6. The van der Waals surface area contributed by atoms with Crippen LogP contribution in [0.1, 0.15) is 29.9 Å². The van der Waals surface area contributed by atoms with Crippen LogP contribution in [-0.2, 0) is 12.1 Å². The zero-order valence-corrected chi connectivity index (χ0v) is 17.8. The molecule has 1 aromatic carbocycles. The van der Waals surface area contributed by atoms with Gasteiger partial charge in [-0.1, -0.05) is 6.07 Å². The minimum Gasteiger partial charge on any atom is -0.383 e. The second kappa shape index (κ2) is 10.4. The number of halogens is 2. The molecule has 0 saturated carbocycles. The number of nitrogens with one attached hydrogen (secondary N) is 2. The molecule has 1 aromatic heterocycles. The first-order chi connectivity index (χ1) is 12.0. The lowest BCUT2D eigenvalue weighted by Crippen LogP contribution is -2.44. The third kappa shape index (κ3) is 6.23. The summed E-state index contributed by atoms with van der Waals surface area (Å²) in [7, 11) is 0. The van der Waals surface area contributed by atoms with E-state index in [0.717, 1.165) is 4.88 Å². The van der Waals surface area contributed by atoms with Crippen LogP contribution in [0.4, 0.5) is 4.39 Å². The molecule has 0 spiro atoms. The van der Waals surface area contributed by atoms with E-state index >= 15 is 0 Å². The maximum absolute atomic E-state index is 13.8. The van der Waals surface area contributed by atoms with Crippen molar-refractivity contribution in [3.8, 4) is 6.07 Å². The van der Waals surface area contributed by atoms with E-state index < -0.39 is 11.4 Å². The summed E-state index contributed by atoms with van der Waals surface area (Å²) in [5, 5.41) is 27.5. The fourth-order valence-corrected chi connectivity index (χ4v) is 2.99. The molecule has 0 fully saturated rings. The van der Waals surface area contributed by atoms with Crippen molar-refractivity contribution in [2.45, 2.75) is 26.0 Å². The van der Waals surface area contributed by atoms with Gasteiger partial charge >= 0.3 is 0 Å². The van der Waals surface area contributed by atoms with Crippen molar-refractivity contribution >= 4 is 41.3 Å². The van der Waals surface area contributed by atoms with Gasteiger partial charge in [0, 0.05) is 17.0 Å². The molecule has 0 saturated heterocycles. The summed E-state index contributed by atoms with van der Waals surface area (Å²) < 4.78 is 13.8. The molecule has 1 unspecified atom stereocenters. The third-order valence-corrected chi connectivity index (χ3v) is 4.70. The maximum Gasteiger partial charge on any atom is 0.191 e. The predicted molar refractivity (Wildman–Crippen MR) is 113 cm³/mol. The fraction of sp³-hybridized carbons (Fsp3) is 0.333. The molecule has 0 aliphatic heterocycles. The van der Waals surface area contributed by atoms with E-state index in [0.29, 0.717) is 23.6 Å². The highest BCUT2D eigenvalue weighted by atomic mass is 127. The van der Waals surface area contributed by atoms with Gasteiger partial charge in [-0.2, -0.15) is 5.26 Å². The van der Waals surface area contributed by atoms with Crippen LogP contribution in [0.3, 0.4) is 0 Å². The van der Waals surface area contributed by atoms with Gasteiger partial charge in [0.2, 0.25) is 0 Å². The molecule has 140 valence electrons. The van der Waals surface area contributed by atoms with Crippen LogP contribution in [0.25, 0.3) is 0 Å². The van der Waals surface area contributed by atoms with E-state index in [9.17, 15) is 9.50 Å². The van der Waals surface area contributed by atoms with Gasteiger partial charge < -0.3 is 15.7 Å². The Balaban J connectivity index is 0.00000338. The SMILES string of the molecule is CCNC(=NCc1cc(C#N)ccc1F)NCC(C)(O)c1cccs1.I. The van der Waals surface area contributed by atoms with Gasteiger partial charge in [0.25, 0.3) is 0 Å². The Kier molecular flexibility index (Phi) is 8.98. The van der Waals surface area contributed by atoms with E-state index in [-0.39, 0.29) is 37.1 Å². The van der Waals surface area contributed by atoms with E-state index in [4.69, 9.17) is 5.26 Å². The smallest absolute Gasteiger partial charge is 0.191 e. The highest BCUT2D eigenvalue weighted by Gasteiger charge is 2.24. The molecule has 0 bridgehead atoms. The van der Waals surface area contributed by atoms with Crippen molar-refractivity contribution in [3.63, 3.8) is 0 Å². The molecule has 0 radical (unpaired) electrons. The lowest BCUT2D eigenvalue weighted by atomic mass is 10.1. The number of nitriles is 1. The van der Waals surface area contributed by atoms with Gasteiger partial charge in [0.05, 0.1) is 24.7 Å². The monoisotopic (exact) mass is 488 g/mol. The molecule has 26 heavy (non-hydrogen) atoms. The first-order valence-electron chi connectivity index (χ1n) is 7.93. The second-order valence-electron chi connectivity index (χ2n) is 5.72. The van der Waals surface area contributed by atoms with Crippen molar-refractivity contribution in [1.29, 1.82) is 5.26 Å². The summed E-state index contributed by atoms with van der Waals surface area (Å²) in [5.74, 6) is 0.0743. The Labute approximate surface area is 174 Å². The third-order valence-electron chi connectivity index (χ3n) is 3.58. The van der Waals surface area contributed by atoms with Crippen LogP contribution in [0.5, 0.6) is 0 Å². The minimum absolute atomic E-state index is 0. The van der Waals surface area contributed by atoms with E-state index in [1.165, 1.54) is 29.5 Å². The van der Waals surface area contributed by atoms with Gasteiger partial charge in [0.1, 0.15) is 11.4 Å². The maximum atomic E-state index is 13.8. The van der Waals surface area contributed by atoms with Crippen molar-refractivity contribution in [2.24, 2.45) is 4.99 Å². The number of nitrogens with zero attached hydrogens (tertiary/aromatic N) is 2. The highest BCUT2D eigenvalue weighted by molar-refractivity contribution is 14.0. The average Bonchev–Trinajstić information content (AvgIpc) is 3.14. The van der Waals surface area contributed by atoms with Crippen molar-refractivity contribution in [3.05, 3.63) is 57.5 Å². The molecule has 1 heterocycles. The summed E-state index contributed by atoms with van der Waals surface area (Å²) >= 11 is 1.48. The number of guanidine groups is 1. The second-order valence-corrected chi connectivity index (χ2v) is 6.67. The zero-order chi connectivity index (χ0) is 18.3. The van der Waals surface area contributed by atoms with Crippen molar-refractivity contribution in [2.75, 3.05) is 13.1 Å². The zero-order valence-electron chi connectivity index (χ0n) is 14.6. The molecule has 1 atom stereocenters. The number of hydrogen-bond donors (Lipinski definition) is 3. The molecule has 5 nitrogen and oxygen atoms in total. The van der Waals surface area contributed by atoms with Crippen LogP contribution in [0.2, 0.25) is 0 Å². The van der Waals surface area contributed by atoms with Gasteiger partial charge in [-0.25, -0.2) is 9.38 Å². The lowest BCUT2D eigenvalue weighted by molar-refractivity contribution is 0.0655. The van der Waals surface area contributed by atoms with E-state index in [1.807, 2.05) is 30.5 Å². The van der Waals surface area contributed by atoms with E-state index in [1.54, 1.807) is 6.92 Å².